The molecule has 1 N–H and O–H groups in total. The molecule has 7 nitrogen and oxygen atoms in total. The maximum absolute atomic E-state index is 12.6. The number of carboxylic acid groups (broad SMARTS) is 1. The van der Waals surface area contributed by atoms with Crippen molar-refractivity contribution in [2.75, 3.05) is 33.3 Å². The number of ether oxygens (including phenoxy) is 1. The highest BCUT2D eigenvalue weighted by Crippen LogP contribution is 2.16. The molecule has 0 radical (unpaired) electrons. The van der Waals surface area contributed by atoms with E-state index in [4.69, 9.17) is 4.74 Å². The SMILES string of the molecule is COc1ccc(C(=O)N2CCN(C(=O)CCc3ccccc3C(=O)O)CC2)cc1. The molecule has 3 rings (SSSR count). The second kappa shape index (κ2) is 9.23. The lowest BCUT2D eigenvalue weighted by Crippen LogP contribution is -2.50. The molecule has 0 atom stereocenters. The topological polar surface area (TPSA) is 87.2 Å². The first-order chi connectivity index (χ1) is 14.0. The van der Waals surface area contributed by atoms with Crippen LogP contribution in [0.1, 0.15) is 32.7 Å². The van der Waals surface area contributed by atoms with Crippen LogP contribution in [-0.4, -0.2) is 66.0 Å². The zero-order valence-corrected chi connectivity index (χ0v) is 16.3. The standard InChI is InChI=1S/C22H24N2O5/c1-29-18-9-6-17(7-10-18)21(26)24-14-12-23(13-15-24)20(25)11-8-16-4-2-3-5-19(16)22(27)28/h2-7,9-10H,8,11-15H2,1H3,(H,27,28). The summed E-state index contributed by atoms with van der Waals surface area (Å²) in [4.78, 5) is 39.9. The Morgan fingerprint density at radius 1 is 0.931 bits per heavy atom. The number of methoxy groups -OCH3 is 1. The van der Waals surface area contributed by atoms with Crippen molar-refractivity contribution in [1.82, 2.24) is 9.80 Å². The van der Waals surface area contributed by atoms with E-state index in [1.54, 1.807) is 65.4 Å². The summed E-state index contributed by atoms with van der Waals surface area (Å²) in [6.45, 7) is 1.90. The Morgan fingerprint density at radius 2 is 1.55 bits per heavy atom. The van der Waals surface area contributed by atoms with Gasteiger partial charge in [-0.05, 0) is 42.3 Å². The summed E-state index contributed by atoms with van der Waals surface area (Å²) in [7, 11) is 1.58. The minimum Gasteiger partial charge on any atom is -0.497 e. The second-order valence-electron chi connectivity index (χ2n) is 6.86. The van der Waals surface area contributed by atoms with Gasteiger partial charge in [-0.2, -0.15) is 0 Å². The van der Waals surface area contributed by atoms with E-state index >= 15 is 0 Å². The van der Waals surface area contributed by atoms with Gasteiger partial charge in [-0.3, -0.25) is 9.59 Å². The minimum absolute atomic E-state index is 0.0262. The molecule has 0 saturated carbocycles. The lowest BCUT2D eigenvalue weighted by molar-refractivity contribution is -0.132. The van der Waals surface area contributed by atoms with Crippen molar-refractivity contribution in [2.45, 2.75) is 12.8 Å². The van der Waals surface area contributed by atoms with E-state index < -0.39 is 5.97 Å². The Balaban J connectivity index is 1.51. The summed E-state index contributed by atoms with van der Waals surface area (Å²) >= 11 is 0. The smallest absolute Gasteiger partial charge is 0.335 e. The van der Waals surface area contributed by atoms with Gasteiger partial charge in [-0.25, -0.2) is 4.79 Å². The first-order valence-electron chi connectivity index (χ1n) is 9.52. The average Bonchev–Trinajstić information content (AvgIpc) is 2.77. The number of carbonyl (C=O) groups excluding carboxylic acids is 2. The minimum atomic E-state index is -0.987. The van der Waals surface area contributed by atoms with E-state index in [1.807, 2.05) is 0 Å². The number of carbonyl (C=O) groups is 3. The van der Waals surface area contributed by atoms with Crippen LogP contribution < -0.4 is 4.74 Å². The molecular weight excluding hydrogens is 372 g/mol. The number of rotatable bonds is 6. The molecule has 2 aromatic rings. The van der Waals surface area contributed by atoms with Crippen LogP contribution in [0.2, 0.25) is 0 Å². The number of benzene rings is 2. The highest BCUT2D eigenvalue weighted by atomic mass is 16.5. The molecule has 2 amide bonds. The normalized spacial score (nSPS) is 13.8. The second-order valence-corrected chi connectivity index (χ2v) is 6.86. The monoisotopic (exact) mass is 396 g/mol. The van der Waals surface area contributed by atoms with Gasteiger partial charge in [0.1, 0.15) is 5.75 Å². The fourth-order valence-corrected chi connectivity index (χ4v) is 3.42. The zero-order valence-electron chi connectivity index (χ0n) is 16.3. The van der Waals surface area contributed by atoms with Gasteiger partial charge in [0.05, 0.1) is 12.7 Å². The van der Waals surface area contributed by atoms with Gasteiger partial charge in [0.15, 0.2) is 0 Å². The van der Waals surface area contributed by atoms with Gasteiger partial charge in [-0.15, -0.1) is 0 Å². The molecule has 29 heavy (non-hydrogen) atoms. The Morgan fingerprint density at radius 3 is 2.17 bits per heavy atom. The molecule has 1 fully saturated rings. The lowest BCUT2D eigenvalue weighted by atomic mass is 10.0. The van der Waals surface area contributed by atoms with Gasteiger partial charge in [0.25, 0.3) is 5.91 Å². The van der Waals surface area contributed by atoms with Crippen LogP contribution in [0.4, 0.5) is 0 Å². The van der Waals surface area contributed by atoms with Crippen LogP contribution in [0.25, 0.3) is 0 Å². The number of carboxylic acids is 1. The van der Waals surface area contributed by atoms with Crippen molar-refractivity contribution in [2.24, 2.45) is 0 Å². The Bertz CT molecular complexity index is 886. The largest absolute Gasteiger partial charge is 0.497 e. The van der Waals surface area contributed by atoms with E-state index in [0.29, 0.717) is 49.5 Å². The number of nitrogens with zero attached hydrogens (tertiary/aromatic N) is 2. The predicted octanol–water partition coefficient (Wildman–Crippen LogP) is 2.31. The number of hydrogen-bond acceptors (Lipinski definition) is 4. The lowest BCUT2D eigenvalue weighted by Gasteiger charge is -2.35. The number of amides is 2. The van der Waals surface area contributed by atoms with Crippen molar-refractivity contribution in [3.8, 4) is 5.75 Å². The van der Waals surface area contributed by atoms with Gasteiger partial charge < -0.3 is 19.6 Å². The third kappa shape index (κ3) is 4.93. The van der Waals surface area contributed by atoms with Crippen LogP contribution >= 0.6 is 0 Å². The molecule has 1 saturated heterocycles. The van der Waals surface area contributed by atoms with Crippen molar-refractivity contribution in [1.29, 1.82) is 0 Å². The highest BCUT2D eigenvalue weighted by Gasteiger charge is 2.25. The van der Waals surface area contributed by atoms with E-state index in [9.17, 15) is 19.5 Å². The number of aryl methyl sites for hydroxylation is 1. The maximum Gasteiger partial charge on any atom is 0.335 e. The molecule has 1 heterocycles. The van der Waals surface area contributed by atoms with Crippen LogP contribution in [0, 0.1) is 0 Å². The molecule has 0 bridgehead atoms. The molecule has 152 valence electrons. The van der Waals surface area contributed by atoms with E-state index in [1.165, 1.54) is 0 Å². The van der Waals surface area contributed by atoms with Crippen molar-refractivity contribution < 1.29 is 24.2 Å². The van der Waals surface area contributed by atoms with Crippen LogP contribution in [0.15, 0.2) is 48.5 Å². The quantitative estimate of drug-likeness (QED) is 0.810. The summed E-state index contributed by atoms with van der Waals surface area (Å²) in [6, 6.07) is 13.7. The molecule has 0 aliphatic carbocycles. The number of hydrogen-bond donors (Lipinski definition) is 1. The molecule has 1 aliphatic rings. The van der Waals surface area contributed by atoms with E-state index in [0.717, 1.165) is 0 Å². The molecule has 0 spiro atoms. The Kier molecular flexibility index (Phi) is 6.49. The first-order valence-corrected chi connectivity index (χ1v) is 9.52. The Labute approximate surface area is 169 Å². The van der Waals surface area contributed by atoms with Gasteiger partial charge in [0.2, 0.25) is 5.91 Å². The van der Waals surface area contributed by atoms with Crippen LogP contribution in [0.5, 0.6) is 5.75 Å². The zero-order chi connectivity index (χ0) is 20.8. The van der Waals surface area contributed by atoms with Crippen LogP contribution in [0.3, 0.4) is 0 Å². The third-order valence-electron chi connectivity index (χ3n) is 5.11. The molecule has 1 aliphatic heterocycles. The molecule has 2 aromatic carbocycles. The van der Waals surface area contributed by atoms with Crippen LogP contribution in [-0.2, 0) is 11.2 Å². The maximum atomic E-state index is 12.6. The summed E-state index contributed by atoms with van der Waals surface area (Å²) in [6.07, 6.45) is 0.628. The number of aromatic carboxylic acids is 1. The highest BCUT2D eigenvalue weighted by molar-refractivity contribution is 5.94. The van der Waals surface area contributed by atoms with Crippen molar-refractivity contribution in [3.63, 3.8) is 0 Å². The van der Waals surface area contributed by atoms with Gasteiger partial charge >= 0.3 is 5.97 Å². The summed E-state index contributed by atoms with van der Waals surface area (Å²) < 4.78 is 5.11. The molecule has 0 unspecified atom stereocenters. The van der Waals surface area contributed by atoms with E-state index in [2.05, 4.69) is 0 Å². The van der Waals surface area contributed by atoms with Gasteiger partial charge in [-0.1, -0.05) is 18.2 Å². The van der Waals surface area contributed by atoms with Crippen molar-refractivity contribution in [3.05, 3.63) is 65.2 Å². The predicted molar refractivity (Wildman–Crippen MR) is 107 cm³/mol. The van der Waals surface area contributed by atoms with E-state index in [-0.39, 0.29) is 23.8 Å². The molecule has 0 aromatic heterocycles. The fourth-order valence-electron chi connectivity index (χ4n) is 3.42. The van der Waals surface area contributed by atoms with Crippen molar-refractivity contribution >= 4 is 17.8 Å². The number of piperazine rings is 1. The fraction of sp³-hybridized carbons (Fsp3) is 0.318. The first kappa shape index (κ1) is 20.4. The molecule has 7 heteroatoms. The average molecular weight is 396 g/mol. The third-order valence-corrected chi connectivity index (χ3v) is 5.11. The van der Waals surface area contributed by atoms with Gasteiger partial charge in [0, 0.05) is 38.2 Å². The molecular formula is C22H24N2O5. The summed E-state index contributed by atoms with van der Waals surface area (Å²) in [5.41, 5.74) is 1.48. The summed E-state index contributed by atoms with van der Waals surface area (Å²) in [5, 5.41) is 9.24. The Hall–Kier alpha value is -3.35. The summed E-state index contributed by atoms with van der Waals surface area (Å²) in [5.74, 6) is -0.378.